The van der Waals surface area contributed by atoms with E-state index in [0.29, 0.717) is 17.3 Å². The molecule has 0 aromatic heterocycles. The molecule has 140 valence electrons. The van der Waals surface area contributed by atoms with Gasteiger partial charge in [0.15, 0.2) is 5.92 Å². The topological polar surface area (TPSA) is 80.2 Å². The van der Waals surface area contributed by atoms with Crippen molar-refractivity contribution >= 4 is 17.8 Å². The molecule has 0 radical (unpaired) electrons. The van der Waals surface area contributed by atoms with Gasteiger partial charge in [0.25, 0.3) is 0 Å². The number of nitrogens with zero attached hydrogens (tertiary/aromatic N) is 2. The minimum Gasteiger partial charge on any atom is -0.496 e. The van der Waals surface area contributed by atoms with Crippen molar-refractivity contribution in [2.45, 2.75) is 32.2 Å². The minimum absolute atomic E-state index is 0.212. The van der Waals surface area contributed by atoms with Gasteiger partial charge in [-0.05, 0) is 32.3 Å². The highest BCUT2D eigenvalue weighted by Gasteiger charge is 2.43. The van der Waals surface area contributed by atoms with Gasteiger partial charge in [0.05, 0.1) is 13.7 Å². The van der Waals surface area contributed by atoms with Crippen molar-refractivity contribution in [3.05, 3.63) is 29.8 Å². The van der Waals surface area contributed by atoms with Crippen LogP contribution in [0.1, 0.15) is 37.8 Å². The number of guanidine groups is 1. The highest BCUT2D eigenvalue weighted by Crippen LogP contribution is 2.36. The average Bonchev–Trinajstić information content (AvgIpc) is 2.68. The average molecular weight is 359 g/mol. The van der Waals surface area contributed by atoms with Crippen LogP contribution in [-0.2, 0) is 14.3 Å². The molecule has 1 saturated heterocycles. The van der Waals surface area contributed by atoms with Crippen LogP contribution >= 0.6 is 0 Å². The van der Waals surface area contributed by atoms with Crippen molar-refractivity contribution in [1.29, 1.82) is 0 Å². The van der Waals surface area contributed by atoms with Gasteiger partial charge in [0.2, 0.25) is 11.9 Å². The van der Waals surface area contributed by atoms with E-state index in [4.69, 9.17) is 14.5 Å². The van der Waals surface area contributed by atoms with E-state index < -0.39 is 17.9 Å². The first-order chi connectivity index (χ1) is 12.7. The molecule has 0 unspecified atom stereocenters. The number of amides is 1. The zero-order valence-electron chi connectivity index (χ0n) is 15.2. The molecule has 1 aromatic carbocycles. The summed E-state index contributed by atoms with van der Waals surface area (Å²) in [5, 5.41) is 2.81. The van der Waals surface area contributed by atoms with Crippen molar-refractivity contribution in [2.24, 2.45) is 10.9 Å². The van der Waals surface area contributed by atoms with E-state index in [-0.39, 0.29) is 12.5 Å². The van der Waals surface area contributed by atoms with Gasteiger partial charge >= 0.3 is 5.97 Å². The predicted molar refractivity (Wildman–Crippen MR) is 96.9 cm³/mol. The van der Waals surface area contributed by atoms with E-state index in [0.717, 1.165) is 25.9 Å². The van der Waals surface area contributed by atoms with E-state index in [2.05, 4.69) is 10.2 Å². The fourth-order valence-electron chi connectivity index (χ4n) is 3.46. The number of rotatable bonds is 4. The fraction of sp³-hybridized carbons (Fsp3) is 0.526. The maximum absolute atomic E-state index is 12.8. The predicted octanol–water partition coefficient (Wildman–Crippen LogP) is 1.89. The first kappa shape index (κ1) is 18.2. The molecule has 1 amide bonds. The van der Waals surface area contributed by atoms with Gasteiger partial charge < -0.3 is 14.4 Å². The Morgan fingerprint density at radius 3 is 2.69 bits per heavy atom. The molecule has 7 heteroatoms. The van der Waals surface area contributed by atoms with Gasteiger partial charge in [-0.25, -0.2) is 4.99 Å². The van der Waals surface area contributed by atoms with Gasteiger partial charge in [-0.1, -0.05) is 18.2 Å². The number of aliphatic imine (C=N–C) groups is 1. The number of likely N-dealkylation sites (tertiary alicyclic amines) is 1. The Morgan fingerprint density at radius 1 is 1.27 bits per heavy atom. The van der Waals surface area contributed by atoms with Gasteiger partial charge in [-0.2, -0.15) is 0 Å². The van der Waals surface area contributed by atoms with Crippen LogP contribution in [0.5, 0.6) is 5.75 Å². The summed E-state index contributed by atoms with van der Waals surface area (Å²) in [6, 6.07) is 6.67. The molecule has 26 heavy (non-hydrogen) atoms. The van der Waals surface area contributed by atoms with Crippen molar-refractivity contribution in [3.63, 3.8) is 0 Å². The number of hydrogen-bond donors (Lipinski definition) is 1. The zero-order valence-corrected chi connectivity index (χ0v) is 15.2. The molecule has 2 heterocycles. The zero-order chi connectivity index (χ0) is 18.5. The largest absolute Gasteiger partial charge is 0.496 e. The number of methoxy groups -OCH3 is 1. The lowest BCUT2D eigenvalue weighted by atomic mass is 9.90. The number of hydrogen-bond acceptors (Lipinski definition) is 6. The molecule has 1 N–H and O–H groups in total. The summed E-state index contributed by atoms with van der Waals surface area (Å²) in [5.74, 6) is -0.841. The number of esters is 1. The van der Waals surface area contributed by atoms with E-state index in [1.807, 2.05) is 18.2 Å². The van der Waals surface area contributed by atoms with E-state index in [1.54, 1.807) is 20.1 Å². The lowest BCUT2D eigenvalue weighted by molar-refractivity contribution is -0.153. The summed E-state index contributed by atoms with van der Waals surface area (Å²) >= 11 is 0. The maximum atomic E-state index is 12.8. The highest BCUT2D eigenvalue weighted by atomic mass is 16.5. The molecular formula is C19H25N3O4. The Labute approximate surface area is 153 Å². The second-order valence-corrected chi connectivity index (χ2v) is 6.41. The van der Waals surface area contributed by atoms with E-state index in [1.165, 1.54) is 6.42 Å². The molecule has 0 saturated carbocycles. The summed E-state index contributed by atoms with van der Waals surface area (Å²) in [6.45, 7) is 3.63. The van der Waals surface area contributed by atoms with Crippen LogP contribution in [0, 0.1) is 5.92 Å². The Morgan fingerprint density at radius 2 is 2.00 bits per heavy atom. The molecule has 0 bridgehead atoms. The molecular weight excluding hydrogens is 334 g/mol. The summed E-state index contributed by atoms with van der Waals surface area (Å²) in [6.07, 6.45) is 3.31. The van der Waals surface area contributed by atoms with Gasteiger partial charge in [0.1, 0.15) is 11.8 Å². The molecule has 2 aliphatic rings. The van der Waals surface area contributed by atoms with Gasteiger partial charge in [0, 0.05) is 18.7 Å². The van der Waals surface area contributed by atoms with Crippen LogP contribution in [-0.4, -0.2) is 49.5 Å². The first-order valence-electron chi connectivity index (χ1n) is 9.09. The van der Waals surface area contributed by atoms with Crippen LogP contribution in [0.2, 0.25) is 0 Å². The number of nitrogens with one attached hydrogen (secondary N) is 1. The van der Waals surface area contributed by atoms with Gasteiger partial charge in [-0.3, -0.25) is 14.9 Å². The number of para-hydroxylation sites is 1. The molecule has 7 nitrogen and oxygen atoms in total. The Bertz CT molecular complexity index is 698. The lowest BCUT2D eigenvalue weighted by Crippen LogP contribution is -2.53. The molecule has 1 fully saturated rings. The van der Waals surface area contributed by atoms with Crippen LogP contribution in [0.4, 0.5) is 0 Å². The van der Waals surface area contributed by atoms with E-state index >= 15 is 0 Å². The van der Waals surface area contributed by atoms with Crippen LogP contribution in [0.15, 0.2) is 29.3 Å². The molecule has 2 aliphatic heterocycles. The third-order valence-electron chi connectivity index (χ3n) is 4.75. The maximum Gasteiger partial charge on any atom is 0.321 e. The van der Waals surface area contributed by atoms with Crippen molar-refractivity contribution < 1.29 is 19.1 Å². The molecule has 1 aromatic rings. The molecule has 3 rings (SSSR count). The van der Waals surface area contributed by atoms with Crippen LogP contribution < -0.4 is 10.1 Å². The van der Waals surface area contributed by atoms with Crippen molar-refractivity contribution in [3.8, 4) is 5.75 Å². The third kappa shape index (κ3) is 3.66. The molecule has 0 spiro atoms. The van der Waals surface area contributed by atoms with Crippen molar-refractivity contribution in [1.82, 2.24) is 10.2 Å². The number of carbonyl (C=O) groups excluding carboxylic acids is 2. The number of carbonyl (C=O) groups is 2. The Balaban J connectivity index is 2.01. The van der Waals surface area contributed by atoms with Gasteiger partial charge in [-0.15, -0.1) is 0 Å². The fourth-order valence-corrected chi connectivity index (χ4v) is 3.46. The quantitative estimate of drug-likeness (QED) is 0.656. The van der Waals surface area contributed by atoms with Crippen LogP contribution in [0.25, 0.3) is 0 Å². The van der Waals surface area contributed by atoms with Crippen molar-refractivity contribution in [2.75, 3.05) is 26.8 Å². The monoisotopic (exact) mass is 359 g/mol. The summed E-state index contributed by atoms with van der Waals surface area (Å²) in [4.78, 5) is 32.1. The second kappa shape index (κ2) is 8.21. The summed E-state index contributed by atoms with van der Waals surface area (Å²) in [5.41, 5.74) is 0.706. The standard InChI is InChI=1S/C19H25N3O4/c1-3-26-18(24)15-16(13-9-5-6-10-14(13)25-2)20-19(21-17(15)23)22-11-7-4-8-12-22/h5-6,9-10,15-16H,3-4,7-8,11-12H2,1-2H3,(H,20,21,23)/t15-,16-/m0/s1. The number of ether oxygens (including phenoxy) is 2. The summed E-state index contributed by atoms with van der Waals surface area (Å²) < 4.78 is 10.6. The molecule has 0 aliphatic carbocycles. The first-order valence-corrected chi connectivity index (χ1v) is 9.09. The minimum atomic E-state index is -1.03. The van der Waals surface area contributed by atoms with Crippen LogP contribution in [0.3, 0.4) is 0 Å². The third-order valence-corrected chi connectivity index (χ3v) is 4.75. The highest BCUT2D eigenvalue weighted by molar-refractivity contribution is 6.08. The number of benzene rings is 1. The Hall–Kier alpha value is -2.57. The SMILES string of the molecule is CCOC(=O)[C@@H]1C(=O)NC(N2CCCCC2)=N[C@H]1c1ccccc1OC. The molecule has 2 atom stereocenters. The number of piperidine rings is 1. The summed E-state index contributed by atoms with van der Waals surface area (Å²) in [7, 11) is 1.57. The normalized spacial score (nSPS) is 23.1. The Kier molecular flexibility index (Phi) is 5.75. The van der Waals surface area contributed by atoms with E-state index in [9.17, 15) is 9.59 Å². The smallest absolute Gasteiger partial charge is 0.321 e. The lowest BCUT2D eigenvalue weighted by Gasteiger charge is -2.35. The second-order valence-electron chi connectivity index (χ2n) is 6.41.